The van der Waals surface area contributed by atoms with Gasteiger partial charge in [-0.2, -0.15) is 0 Å². The lowest BCUT2D eigenvalue weighted by atomic mass is 9.85. The fourth-order valence-electron chi connectivity index (χ4n) is 4.57. The third-order valence-corrected chi connectivity index (χ3v) is 5.67. The predicted molar refractivity (Wildman–Crippen MR) is 83.2 cm³/mol. The van der Waals surface area contributed by atoms with Gasteiger partial charge in [0.25, 0.3) is 0 Å². The van der Waals surface area contributed by atoms with E-state index in [4.69, 9.17) is 0 Å². The third-order valence-electron chi connectivity index (χ3n) is 5.67. The van der Waals surface area contributed by atoms with Gasteiger partial charge in [0.05, 0.1) is 0 Å². The van der Waals surface area contributed by atoms with E-state index in [-0.39, 0.29) is 11.8 Å². The summed E-state index contributed by atoms with van der Waals surface area (Å²) in [7, 11) is 0. The van der Waals surface area contributed by atoms with Gasteiger partial charge in [0.2, 0.25) is 0 Å². The molecule has 1 aromatic carbocycles. The Balaban J connectivity index is 1.49. The van der Waals surface area contributed by atoms with E-state index >= 15 is 0 Å². The van der Waals surface area contributed by atoms with Crippen molar-refractivity contribution in [3.05, 3.63) is 35.6 Å². The molecule has 0 spiro atoms. The van der Waals surface area contributed by atoms with E-state index in [1.165, 1.54) is 5.56 Å². The molecule has 3 heterocycles. The maximum Gasteiger partial charge on any atom is 0.320 e. The molecular weight excluding hydrogens is 279 g/mol. The van der Waals surface area contributed by atoms with E-state index in [0.717, 1.165) is 51.6 Å². The molecule has 0 radical (unpaired) electrons. The van der Waals surface area contributed by atoms with Crippen molar-refractivity contribution in [1.82, 2.24) is 9.80 Å². The number of benzene rings is 1. The smallest absolute Gasteiger partial charge is 0.320 e. The van der Waals surface area contributed by atoms with E-state index in [2.05, 4.69) is 4.90 Å². The topological polar surface area (TPSA) is 23.6 Å². The summed E-state index contributed by atoms with van der Waals surface area (Å²) in [6.45, 7) is 1.85. The molecule has 3 fully saturated rings. The van der Waals surface area contributed by atoms with Crippen molar-refractivity contribution in [2.24, 2.45) is 0 Å². The second-order valence-electron chi connectivity index (χ2n) is 6.99. The number of hydrogen-bond acceptors (Lipinski definition) is 1. The van der Waals surface area contributed by atoms with Crippen LogP contribution >= 0.6 is 0 Å². The van der Waals surface area contributed by atoms with Crippen molar-refractivity contribution in [3.63, 3.8) is 0 Å². The largest absolute Gasteiger partial charge is 0.325 e. The number of piperidine rings is 1. The van der Waals surface area contributed by atoms with Gasteiger partial charge in [0.15, 0.2) is 0 Å². The van der Waals surface area contributed by atoms with Gasteiger partial charge in [-0.15, -0.1) is 0 Å². The Labute approximate surface area is 131 Å². The molecule has 3 aliphatic rings. The average molecular weight is 302 g/mol. The van der Waals surface area contributed by atoms with Crippen LogP contribution in [0.3, 0.4) is 0 Å². The van der Waals surface area contributed by atoms with Gasteiger partial charge in [-0.05, 0) is 62.1 Å². The van der Waals surface area contributed by atoms with Gasteiger partial charge >= 0.3 is 6.03 Å². The molecular formula is C18H23FN2O. The molecule has 22 heavy (non-hydrogen) atoms. The molecule has 0 aromatic heterocycles. The summed E-state index contributed by atoms with van der Waals surface area (Å²) in [5.74, 6) is 0.300. The Bertz CT molecular complexity index is 539. The van der Waals surface area contributed by atoms with Gasteiger partial charge in [-0.3, -0.25) is 0 Å². The fraction of sp³-hybridized carbons (Fsp3) is 0.611. The average Bonchev–Trinajstić information content (AvgIpc) is 3.14. The van der Waals surface area contributed by atoms with Crippen molar-refractivity contribution in [1.29, 1.82) is 0 Å². The fourth-order valence-corrected chi connectivity index (χ4v) is 4.57. The minimum atomic E-state index is -0.173. The number of amides is 2. The molecule has 1 aromatic rings. The SMILES string of the molecule is O=C(N1CCCC1)N1C2CCC1CC(c1ccc(F)cc1)C2. The van der Waals surface area contributed by atoms with Crippen LogP contribution < -0.4 is 0 Å². The third kappa shape index (κ3) is 2.38. The van der Waals surface area contributed by atoms with Crippen LogP contribution in [0, 0.1) is 5.82 Å². The second kappa shape index (κ2) is 5.56. The van der Waals surface area contributed by atoms with Crippen molar-refractivity contribution in [3.8, 4) is 0 Å². The Hall–Kier alpha value is -1.58. The summed E-state index contributed by atoms with van der Waals surface area (Å²) in [5.41, 5.74) is 1.23. The summed E-state index contributed by atoms with van der Waals surface area (Å²) in [5, 5.41) is 0. The standard InChI is InChI=1S/C18H23FN2O/c19-15-5-3-13(4-6-15)14-11-16-7-8-17(12-14)21(16)18(22)20-9-1-2-10-20/h3-6,14,16-17H,1-2,7-12H2. The maximum absolute atomic E-state index is 13.1. The van der Waals surface area contributed by atoms with Crippen molar-refractivity contribution < 1.29 is 9.18 Å². The Morgan fingerprint density at radius 3 is 2.18 bits per heavy atom. The summed E-state index contributed by atoms with van der Waals surface area (Å²) in [4.78, 5) is 17.0. The first kappa shape index (κ1) is 14.0. The zero-order chi connectivity index (χ0) is 15.1. The summed E-state index contributed by atoms with van der Waals surface area (Å²) >= 11 is 0. The molecule has 118 valence electrons. The molecule has 2 bridgehead atoms. The van der Waals surface area contributed by atoms with E-state index < -0.39 is 0 Å². The Morgan fingerprint density at radius 2 is 1.59 bits per heavy atom. The minimum absolute atomic E-state index is 0.173. The van der Waals surface area contributed by atoms with E-state index in [1.54, 1.807) is 12.1 Å². The number of nitrogens with zero attached hydrogens (tertiary/aromatic N) is 2. The van der Waals surface area contributed by atoms with Crippen molar-refractivity contribution in [2.75, 3.05) is 13.1 Å². The summed E-state index contributed by atoms with van der Waals surface area (Å²) < 4.78 is 13.1. The highest BCUT2D eigenvalue weighted by atomic mass is 19.1. The molecule has 4 heteroatoms. The highest BCUT2D eigenvalue weighted by Crippen LogP contribution is 2.43. The molecule has 4 rings (SSSR count). The van der Waals surface area contributed by atoms with Crippen LogP contribution in [0.2, 0.25) is 0 Å². The first-order valence-corrected chi connectivity index (χ1v) is 8.55. The van der Waals surface area contributed by atoms with Crippen LogP contribution in [0.25, 0.3) is 0 Å². The van der Waals surface area contributed by atoms with Crippen LogP contribution in [0.15, 0.2) is 24.3 Å². The van der Waals surface area contributed by atoms with Crippen LogP contribution in [-0.4, -0.2) is 41.0 Å². The van der Waals surface area contributed by atoms with Crippen molar-refractivity contribution >= 4 is 6.03 Å². The molecule has 3 saturated heterocycles. The van der Waals surface area contributed by atoms with Crippen LogP contribution in [0.4, 0.5) is 9.18 Å². The lowest BCUT2D eigenvalue weighted by Crippen LogP contribution is -2.51. The zero-order valence-electron chi connectivity index (χ0n) is 12.9. The highest BCUT2D eigenvalue weighted by Gasteiger charge is 2.44. The molecule has 2 amide bonds. The molecule has 0 saturated carbocycles. The normalized spacial score (nSPS) is 30.9. The number of urea groups is 1. The number of likely N-dealkylation sites (tertiary alicyclic amines) is 1. The zero-order valence-corrected chi connectivity index (χ0v) is 12.9. The van der Waals surface area contributed by atoms with Gasteiger partial charge in [0, 0.05) is 25.2 Å². The van der Waals surface area contributed by atoms with Crippen LogP contribution in [0.1, 0.15) is 50.0 Å². The lowest BCUT2D eigenvalue weighted by Gasteiger charge is -2.41. The maximum atomic E-state index is 13.1. The first-order chi connectivity index (χ1) is 10.7. The van der Waals surface area contributed by atoms with Gasteiger partial charge < -0.3 is 9.80 Å². The Morgan fingerprint density at radius 1 is 1.00 bits per heavy atom. The number of fused-ring (bicyclic) bond motifs is 2. The van der Waals surface area contributed by atoms with Gasteiger partial charge in [-0.25, -0.2) is 9.18 Å². The molecule has 3 nitrogen and oxygen atoms in total. The van der Waals surface area contributed by atoms with Gasteiger partial charge in [0.1, 0.15) is 5.82 Å². The van der Waals surface area contributed by atoms with E-state index in [1.807, 2.05) is 17.0 Å². The molecule has 2 atom stereocenters. The van der Waals surface area contributed by atoms with Crippen LogP contribution in [-0.2, 0) is 0 Å². The van der Waals surface area contributed by atoms with E-state index in [0.29, 0.717) is 18.0 Å². The van der Waals surface area contributed by atoms with Gasteiger partial charge in [-0.1, -0.05) is 12.1 Å². The van der Waals surface area contributed by atoms with Crippen molar-refractivity contribution in [2.45, 2.75) is 56.5 Å². The van der Waals surface area contributed by atoms with Crippen LogP contribution in [0.5, 0.6) is 0 Å². The molecule has 0 N–H and O–H groups in total. The molecule has 2 unspecified atom stereocenters. The lowest BCUT2D eigenvalue weighted by molar-refractivity contribution is 0.111. The van der Waals surface area contributed by atoms with E-state index in [9.17, 15) is 9.18 Å². The molecule has 3 aliphatic heterocycles. The highest BCUT2D eigenvalue weighted by molar-refractivity contribution is 5.76. The second-order valence-corrected chi connectivity index (χ2v) is 6.99. The number of hydrogen-bond donors (Lipinski definition) is 0. The number of halogens is 1. The summed E-state index contributed by atoms with van der Waals surface area (Å²) in [6, 6.07) is 7.96. The number of rotatable bonds is 1. The predicted octanol–water partition coefficient (Wildman–Crippen LogP) is 3.75. The quantitative estimate of drug-likeness (QED) is 0.775. The minimum Gasteiger partial charge on any atom is -0.325 e. The monoisotopic (exact) mass is 302 g/mol. The first-order valence-electron chi connectivity index (χ1n) is 8.55. The summed E-state index contributed by atoms with van der Waals surface area (Å²) in [6.07, 6.45) is 6.60. The molecule has 0 aliphatic carbocycles. The number of carbonyl (C=O) groups is 1. The Kier molecular flexibility index (Phi) is 3.55. The number of carbonyl (C=O) groups excluding carboxylic acids is 1.